The van der Waals surface area contributed by atoms with E-state index in [9.17, 15) is 9.90 Å². The number of hydrogen-bond donors (Lipinski definition) is 2. The Labute approximate surface area is 85.2 Å². The molecule has 2 aromatic rings. The standard InChI is InChI=1S/C10H8N2O3/c13-9-2-1-7(10(14)15)5-8(9)12-4-3-11-6-12/h1-6,13H,(H,14,15). The minimum atomic E-state index is -1.03. The number of aromatic hydroxyl groups is 1. The smallest absolute Gasteiger partial charge is 0.335 e. The average molecular weight is 204 g/mol. The molecule has 2 N–H and O–H groups in total. The fraction of sp³-hybridized carbons (Fsp3) is 0. The molecule has 0 aliphatic carbocycles. The topological polar surface area (TPSA) is 75.3 Å². The minimum Gasteiger partial charge on any atom is -0.506 e. The molecule has 1 aromatic carbocycles. The normalized spacial score (nSPS) is 10.1. The zero-order chi connectivity index (χ0) is 10.8. The Hall–Kier alpha value is -2.30. The molecule has 0 spiro atoms. The van der Waals surface area contributed by atoms with E-state index < -0.39 is 5.97 Å². The van der Waals surface area contributed by atoms with E-state index in [-0.39, 0.29) is 11.3 Å². The first-order chi connectivity index (χ1) is 7.18. The van der Waals surface area contributed by atoms with Gasteiger partial charge in [0, 0.05) is 12.4 Å². The van der Waals surface area contributed by atoms with Crippen molar-refractivity contribution in [1.29, 1.82) is 0 Å². The number of carboxylic acid groups (broad SMARTS) is 1. The highest BCUT2D eigenvalue weighted by Crippen LogP contribution is 2.22. The molecule has 0 aliphatic heterocycles. The van der Waals surface area contributed by atoms with Crippen molar-refractivity contribution in [2.45, 2.75) is 0 Å². The summed E-state index contributed by atoms with van der Waals surface area (Å²) in [6, 6.07) is 4.08. The first kappa shape index (κ1) is 9.26. The molecule has 0 saturated heterocycles. The first-order valence-electron chi connectivity index (χ1n) is 4.23. The molecule has 0 unspecified atom stereocenters. The lowest BCUT2D eigenvalue weighted by molar-refractivity contribution is 0.0697. The predicted octanol–water partition coefficient (Wildman–Crippen LogP) is 1.28. The number of phenolic OH excluding ortho intramolecular Hbond substituents is 1. The molecule has 76 valence electrons. The molecule has 1 aromatic heterocycles. The quantitative estimate of drug-likeness (QED) is 0.772. The van der Waals surface area contributed by atoms with Crippen LogP contribution in [0.5, 0.6) is 5.75 Å². The Kier molecular flexibility index (Phi) is 2.13. The molecule has 15 heavy (non-hydrogen) atoms. The number of phenols is 1. The van der Waals surface area contributed by atoms with Gasteiger partial charge in [-0.2, -0.15) is 0 Å². The van der Waals surface area contributed by atoms with E-state index in [0.29, 0.717) is 5.69 Å². The van der Waals surface area contributed by atoms with Crippen LogP contribution in [0.2, 0.25) is 0 Å². The van der Waals surface area contributed by atoms with Gasteiger partial charge in [-0.25, -0.2) is 9.78 Å². The summed E-state index contributed by atoms with van der Waals surface area (Å²) in [4.78, 5) is 14.5. The largest absolute Gasteiger partial charge is 0.506 e. The second-order valence-electron chi connectivity index (χ2n) is 2.98. The summed E-state index contributed by atoms with van der Waals surface area (Å²) in [5.41, 5.74) is 0.518. The Balaban J connectivity index is 2.55. The van der Waals surface area contributed by atoms with E-state index in [1.807, 2.05) is 0 Å². The fourth-order valence-electron chi connectivity index (χ4n) is 1.26. The van der Waals surface area contributed by atoms with Crippen molar-refractivity contribution in [3.63, 3.8) is 0 Å². The van der Waals surface area contributed by atoms with Gasteiger partial charge in [-0.15, -0.1) is 0 Å². The Bertz CT molecular complexity index is 491. The molecule has 1 heterocycles. The number of carbonyl (C=O) groups is 1. The summed E-state index contributed by atoms with van der Waals surface area (Å²) in [7, 11) is 0. The summed E-state index contributed by atoms with van der Waals surface area (Å²) in [6.07, 6.45) is 4.66. The van der Waals surface area contributed by atoms with Crippen LogP contribution in [0, 0.1) is 0 Å². The summed E-state index contributed by atoms with van der Waals surface area (Å²) in [5, 5.41) is 18.3. The van der Waals surface area contributed by atoms with Gasteiger partial charge in [-0.1, -0.05) is 0 Å². The number of carboxylic acids is 1. The van der Waals surface area contributed by atoms with Crippen LogP contribution < -0.4 is 0 Å². The van der Waals surface area contributed by atoms with Crippen molar-refractivity contribution in [2.24, 2.45) is 0 Å². The number of aromatic carboxylic acids is 1. The lowest BCUT2D eigenvalue weighted by atomic mass is 10.2. The monoisotopic (exact) mass is 204 g/mol. The van der Waals surface area contributed by atoms with Gasteiger partial charge >= 0.3 is 5.97 Å². The molecular formula is C10H8N2O3. The predicted molar refractivity (Wildman–Crippen MR) is 52.2 cm³/mol. The number of rotatable bonds is 2. The van der Waals surface area contributed by atoms with Gasteiger partial charge in [0.25, 0.3) is 0 Å². The lowest BCUT2D eigenvalue weighted by Crippen LogP contribution is -1.99. The van der Waals surface area contributed by atoms with Crippen LogP contribution in [0.25, 0.3) is 5.69 Å². The van der Waals surface area contributed by atoms with Crippen molar-refractivity contribution in [3.8, 4) is 11.4 Å². The third-order valence-corrected chi connectivity index (χ3v) is 2.00. The molecule has 5 nitrogen and oxygen atoms in total. The van der Waals surface area contributed by atoms with E-state index in [1.165, 1.54) is 24.5 Å². The maximum Gasteiger partial charge on any atom is 0.335 e. The van der Waals surface area contributed by atoms with Crippen LogP contribution in [-0.4, -0.2) is 25.7 Å². The van der Waals surface area contributed by atoms with Gasteiger partial charge in [-0.3, -0.25) is 0 Å². The number of nitrogens with zero attached hydrogens (tertiary/aromatic N) is 2. The van der Waals surface area contributed by atoms with E-state index in [4.69, 9.17) is 5.11 Å². The maximum atomic E-state index is 10.7. The zero-order valence-electron chi connectivity index (χ0n) is 7.66. The highest BCUT2D eigenvalue weighted by Gasteiger charge is 2.08. The number of benzene rings is 1. The summed E-state index contributed by atoms with van der Waals surface area (Å²) >= 11 is 0. The van der Waals surface area contributed by atoms with E-state index >= 15 is 0 Å². The van der Waals surface area contributed by atoms with Gasteiger partial charge in [0.15, 0.2) is 0 Å². The molecule has 0 amide bonds. The Morgan fingerprint density at radius 1 is 1.40 bits per heavy atom. The molecule has 0 saturated carbocycles. The SMILES string of the molecule is O=C(O)c1ccc(O)c(-n2ccnc2)c1. The van der Waals surface area contributed by atoms with Crippen molar-refractivity contribution < 1.29 is 15.0 Å². The van der Waals surface area contributed by atoms with E-state index in [0.717, 1.165) is 0 Å². The van der Waals surface area contributed by atoms with Crippen LogP contribution in [0.1, 0.15) is 10.4 Å². The van der Waals surface area contributed by atoms with Crippen molar-refractivity contribution in [2.75, 3.05) is 0 Å². The van der Waals surface area contributed by atoms with Crippen LogP contribution in [0.4, 0.5) is 0 Å². The highest BCUT2D eigenvalue weighted by atomic mass is 16.4. The summed E-state index contributed by atoms with van der Waals surface area (Å²) in [6.45, 7) is 0. The van der Waals surface area contributed by atoms with Crippen molar-refractivity contribution >= 4 is 5.97 Å². The molecule has 0 aliphatic rings. The molecule has 0 fully saturated rings. The lowest BCUT2D eigenvalue weighted by Gasteiger charge is -2.05. The summed E-state index contributed by atoms with van der Waals surface area (Å²) in [5.74, 6) is -1.02. The van der Waals surface area contributed by atoms with Crippen molar-refractivity contribution in [3.05, 3.63) is 42.5 Å². The molecule has 0 bridgehead atoms. The van der Waals surface area contributed by atoms with Gasteiger partial charge in [-0.05, 0) is 18.2 Å². The molecule has 2 rings (SSSR count). The third kappa shape index (κ3) is 1.67. The van der Waals surface area contributed by atoms with Crippen LogP contribution in [-0.2, 0) is 0 Å². The Morgan fingerprint density at radius 3 is 2.80 bits per heavy atom. The van der Waals surface area contributed by atoms with Gasteiger partial charge in [0.1, 0.15) is 5.75 Å². The number of aromatic nitrogens is 2. The van der Waals surface area contributed by atoms with Crippen molar-refractivity contribution in [1.82, 2.24) is 9.55 Å². The molecular weight excluding hydrogens is 196 g/mol. The number of imidazole rings is 1. The maximum absolute atomic E-state index is 10.7. The van der Waals surface area contributed by atoms with Gasteiger partial charge < -0.3 is 14.8 Å². The second kappa shape index (κ2) is 3.45. The molecule has 0 radical (unpaired) electrons. The molecule has 0 atom stereocenters. The zero-order valence-corrected chi connectivity index (χ0v) is 7.66. The number of hydrogen-bond acceptors (Lipinski definition) is 3. The third-order valence-electron chi connectivity index (χ3n) is 2.00. The van der Waals surface area contributed by atoms with Crippen LogP contribution in [0.3, 0.4) is 0 Å². The average Bonchev–Trinajstić information content (AvgIpc) is 2.71. The Morgan fingerprint density at radius 2 is 2.20 bits per heavy atom. The fourth-order valence-corrected chi connectivity index (χ4v) is 1.26. The summed E-state index contributed by atoms with van der Waals surface area (Å²) < 4.78 is 1.54. The molecule has 5 heteroatoms. The van der Waals surface area contributed by atoms with Crippen LogP contribution >= 0.6 is 0 Å². The van der Waals surface area contributed by atoms with Crippen LogP contribution in [0.15, 0.2) is 36.9 Å². The van der Waals surface area contributed by atoms with Gasteiger partial charge in [0.05, 0.1) is 17.6 Å². The second-order valence-corrected chi connectivity index (χ2v) is 2.98. The van der Waals surface area contributed by atoms with E-state index in [1.54, 1.807) is 17.0 Å². The van der Waals surface area contributed by atoms with Gasteiger partial charge in [0.2, 0.25) is 0 Å². The minimum absolute atomic E-state index is 0.0120. The first-order valence-corrected chi connectivity index (χ1v) is 4.23. The van der Waals surface area contributed by atoms with E-state index in [2.05, 4.69) is 4.98 Å². The highest BCUT2D eigenvalue weighted by molar-refractivity contribution is 5.88.